The number of carbonyl (C=O) groups is 1. The Bertz CT molecular complexity index is 509. The van der Waals surface area contributed by atoms with Crippen molar-refractivity contribution in [2.24, 2.45) is 0 Å². The van der Waals surface area contributed by atoms with E-state index in [1.165, 1.54) is 4.90 Å². The number of hydrogen-bond donors (Lipinski definition) is 1. The Morgan fingerprint density at radius 2 is 2.23 bits per heavy atom. The van der Waals surface area contributed by atoms with E-state index >= 15 is 0 Å². The molecule has 3 rings (SSSR count). The first-order valence-electron chi connectivity index (χ1n) is 7.65. The number of hydrogen-bond acceptors (Lipinski definition) is 5. The summed E-state index contributed by atoms with van der Waals surface area (Å²) >= 11 is 1.72. The molecule has 2 aliphatic heterocycles. The van der Waals surface area contributed by atoms with E-state index in [1.54, 1.807) is 11.8 Å². The largest absolute Gasteiger partial charge is 0.492 e. The normalized spacial score (nSPS) is 25.4. The first-order valence-corrected chi connectivity index (χ1v) is 8.87. The van der Waals surface area contributed by atoms with Gasteiger partial charge in [0.1, 0.15) is 19.0 Å². The van der Waals surface area contributed by atoms with Crippen LogP contribution in [0, 0.1) is 0 Å². The fraction of sp³-hybridized carbons (Fsp3) is 0.562. The molecular weight excluding hydrogens is 300 g/mol. The minimum atomic E-state index is -0.00627. The van der Waals surface area contributed by atoms with Gasteiger partial charge in [-0.2, -0.15) is 0 Å². The summed E-state index contributed by atoms with van der Waals surface area (Å²) in [5, 5.41) is 3.02. The second kappa shape index (κ2) is 7.35. The van der Waals surface area contributed by atoms with Crippen LogP contribution in [0.5, 0.6) is 5.75 Å². The maximum absolute atomic E-state index is 11.4. The molecule has 1 N–H and O–H groups in total. The number of nitrogens with one attached hydrogen (secondary N) is 1. The molecule has 2 unspecified atom stereocenters. The van der Waals surface area contributed by atoms with E-state index in [2.05, 4.69) is 28.6 Å². The van der Waals surface area contributed by atoms with Gasteiger partial charge >= 0.3 is 0 Å². The molecule has 22 heavy (non-hydrogen) atoms. The summed E-state index contributed by atoms with van der Waals surface area (Å²) in [4.78, 5) is 15.0. The molecular formula is C16H22N2O3S. The molecule has 2 heterocycles. The van der Waals surface area contributed by atoms with Crippen molar-refractivity contribution in [2.45, 2.75) is 23.5 Å². The van der Waals surface area contributed by atoms with Crippen molar-refractivity contribution >= 4 is 17.7 Å². The Hall–Kier alpha value is -1.24. The van der Waals surface area contributed by atoms with Gasteiger partial charge in [-0.25, -0.2) is 0 Å². The van der Waals surface area contributed by atoms with Crippen LogP contribution in [-0.4, -0.2) is 62.1 Å². The number of fused-ring (bicyclic) bond motifs is 1. The summed E-state index contributed by atoms with van der Waals surface area (Å²) in [5.74, 6) is 0.898. The Morgan fingerprint density at radius 3 is 3.00 bits per heavy atom. The highest BCUT2D eigenvalue weighted by Crippen LogP contribution is 2.20. The maximum Gasteiger partial charge on any atom is 0.246 e. The van der Waals surface area contributed by atoms with E-state index in [4.69, 9.17) is 9.47 Å². The highest BCUT2D eigenvalue weighted by Gasteiger charge is 2.34. The summed E-state index contributed by atoms with van der Waals surface area (Å²) in [5.41, 5.74) is 0. The van der Waals surface area contributed by atoms with E-state index < -0.39 is 0 Å². The summed E-state index contributed by atoms with van der Waals surface area (Å²) in [6.07, 6.45) is 3.20. The zero-order valence-electron chi connectivity index (χ0n) is 12.8. The number of nitrogens with zero attached hydrogens (tertiary/aromatic N) is 1. The second-order valence-electron chi connectivity index (χ2n) is 5.64. The van der Waals surface area contributed by atoms with Crippen LogP contribution >= 0.6 is 11.8 Å². The highest BCUT2D eigenvalue weighted by molar-refractivity contribution is 7.98. The van der Waals surface area contributed by atoms with Gasteiger partial charge in [0.05, 0.1) is 12.1 Å². The van der Waals surface area contributed by atoms with E-state index in [0.717, 1.165) is 31.8 Å². The first-order chi connectivity index (χ1) is 10.7. The molecule has 2 saturated heterocycles. The van der Waals surface area contributed by atoms with Crippen LogP contribution in [-0.2, 0) is 9.53 Å². The minimum Gasteiger partial charge on any atom is -0.492 e. The first kappa shape index (κ1) is 15.6. The molecule has 0 aromatic heterocycles. The van der Waals surface area contributed by atoms with E-state index in [-0.39, 0.29) is 24.7 Å². The Morgan fingerprint density at radius 1 is 1.41 bits per heavy atom. The van der Waals surface area contributed by atoms with Crippen LogP contribution in [0.3, 0.4) is 0 Å². The van der Waals surface area contributed by atoms with Gasteiger partial charge in [-0.1, -0.05) is 0 Å². The number of likely N-dealkylation sites (tertiary alicyclic amines) is 1. The smallest absolute Gasteiger partial charge is 0.246 e. The predicted octanol–water partition coefficient (Wildman–Crippen LogP) is 1.38. The molecule has 0 aliphatic carbocycles. The molecule has 0 saturated carbocycles. The summed E-state index contributed by atoms with van der Waals surface area (Å²) < 4.78 is 11.4. The highest BCUT2D eigenvalue weighted by atomic mass is 32.2. The fourth-order valence-electron chi connectivity index (χ4n) is 2.93. The monoisotopic (exact) mass is 322 g/mol. The molecule has 1 aromatic rings. The Kier molecular flexibility index (Phi) is 5.23. The summed E-state index contributed by atoms with van der Waals surface area (Å²) in [7, 11) is 0. The van der Waals surface area contributed by atoms with Crippen LogP contribution in [0.15, 0.2) is 29.2 Å². The fourth-order valence-corrected chi connectivity index (χ4v) is 3.34. The molecule has 0 bridgehead atoms. The maximum atomic E-state index is 11.4. The van der Waals surface area contributed by atoms with Gasteiger partial charge in [-0.3, -0.25) is 9.69 Å². The number of benzene rings is 1. The van der Waals surface area contributed by atoms with Gasteiger partial charge in [0.25, 0.3) is 0 Å². The summed E-state index contributed by atoms with van der Waals surface area (Å²) in [6, 6.07) is 8.28. The van der Waals surface area contributed by atoms with Crippen LogP contribution in [0.1, 0.15) is 6.42 Å². The van der Waals surface area contributed by atoms with Gasteiger partial charge in [0, 0.05) is 24.5 Å². The van der Waals surface area contributed by atoms with Crippen LogP contribution < -0.4 is 10.1 Å². The van der Waals surface area contributed by atoms with Gasteiger partial charge in [0.15, 0.2) is 0 Å². The molecule has 2 atom stereocenters. The zero-order chi connectivity index (χ0) is 15.4. The number of rotatable bonds is 5. The van der Waals surface area contributed by atoms with Crippen molar-refractivity contribution in [1.29, 1.82) is 0 Å². The topological polar surface area (TPSA) is 50.8 Å². The molecule has 120 valence electrons. The quantitative estimate of drug-likeness (QED) is 0.830. The van der Waals surface area contributed by atoms with Gasteiger partial charge in [0.2, 0.25) is 5.91 Å². The third-order valence-electron chi connectivity index (χ3n) is 4.14. The van der Waals surface area contributed by atoms with Crippen molar-refractivity contribution in [2.75, 3.05) is 39.1 Å². The third kappa shape index (κ3) is 3.94. The predicted molar refractivity (Wildman–Crippen MR) is 86.4 cm³/mol. The SMILES string of the molecule is CSc1ccc(OCCN2CCC3OCC(=O)NC3C2)cc1. The second-order valence-corrected chi connectivity index (χ2v) is 6.52. The number of morpholine rings is 1. The van der Waals surface area contributed by atoms with E-state index in [1.807, 2.05) is 12.1 Å². The van der Waals surface area contributed by atoms with Crippen molar-refractivity contribution in [1.82, 2.24) is 10.2 Å². The van der Waals surface area contributed by atoms with E-state index in [9.17, 15) is 4.79 Å². The zero-order valence-corrected chi connectivity index (χ0v) is 13.6. The van der Waals surface area contributed by atoms with Gasteiger partial charge in [-0.05, 0) is 36.9 Å². The molecule has 5 nitrogen and oxygen atoms in total. The van der Waals surface area contributed by atoms with Gasteiger partial charge in [-0.15, -0.1) is 11.8 Å². The molecule has 6 heteroatoms. The molecule has 1 amide bonds. The number of amides is 1. The molecule has 2 aliphatic rings. The van der Waals surface area contributed by atoms with Crippen molar-refractivity contribution in [3.05, 3.63) is 24.3 Å². The number of thioether (sulfide) groups is 1. The average Bonchev–Trinajstić information content (AvgIpc) is 2.55. The minimum absolute atomic E-state index is 0.00627. The van der Waals surface area contributed by atoms with E-state index in [0.29, 0.717) is 6.61 Å². The number of carbonyl (C=O) groups excluding carboxylic acids is 1. The van der Waals surface area contributed by atoms with Gasteiger partial charge < -0.3 is 14.8 Å². The molecule has 0 spiro atoms. The lowest BCUT2D eigenvalue weighted by molar-refractivity contribution is -0.140. The van der Waals surface area contributed by atoms with Crippen molar-refractivity contribution < 1.29 is 14.3 Å². The number of ether oxygens (including phenoxy) is 2. The number of piperidine rings is 1. The van der Waals surface area contributed by atoms with Crippen molar-refractivity contribution in [3.8, 4) is 5.75 Å². The van der Waals surface area contributed by atoms with Crippen LogP contribution in [0.25, 0.3) is 0 Å². The van der Waals surface area contributed by atoms with Crippen LogP contribution in [0.4, 0.5) is 0 Å². The standard InChI is InChI=1S/C16H22N2O3S/c1-22-13-4-2-12(3-5-13)20-9-8-18-7-6-15-14(10-18)17-16(19)11-21-15/h2-5,14-15H,6-11H2,1H3,(H,17,19). The molecule has 2 fully saturated rings. The summed E-state index contributed by atoms with van der Waals surface area (Å²) in [6.45, 7) is 3.56. The Balaban J connectivity index is 1.42. The lowest BCUT2D eigenvalue weighted by atomic mass is 10.0. The Labute approximate surface area is 135 Å². The lowest BCUT2D eigenvalue weighted by Crippen LogP contribution is -2.60. The molecule has 1 aromatic carbocycles. The molecule has 0 radical (unpaired) electrons. The van der Waals surface area contributed by atoms with Crippen molar-refractivity contribution in [3.63, 3.8) is 0 Å². The third-order valence-corrected chi connectivity index (χ3v) is 4.89. The van der Waals surface area contributed by atoms with Crippen LogP contribution in [0.2, 0.25) is 0 Å². The average molecular weight is 322 g/mol. The lowest BCUT2D eigenvalue weighted by Gasteiger charge is -2.41.